The van der Waals surface area contributed by atoms with Crippen molar-refractivity contribution in [2.45, 2.75) is 39.2 Å². The summed E-state index contributed by atoms with van der Waals surface area (Å²) in [6.07, 6.45) is 3.78. The van der Waals surface area contributed by atoms with E-state index in [1.54, 1.807) is 14.2 Å². The summed E-state index contributed by atoms with van der Waals surface area (Å²) in [5, 5.41) is 0. The molecule has 0 fully saturated rings. The van der Waals surface area contributed by atoms with E-state index < -0.39 is 0 Å². The topological polar surface area (TPSA) is 18.5 Å². The third-order valence-corrected chi connectivity index (χ3v) is 2.04. The third-order valence-electron chi connectivity index (χ3n) is 2.04. The van der Waals surface area contributed by atoms with E-state index in [-0.39, 0.29) is 0 Å². The molecule has 0 saturated carbocycles. The fourth-order valence-corrected chi connectivity index (χ4v) is 1.15. The number of rotatable bonds is 7. The molecule has 0 N–H and O–H groups in total. The molecule has 0 aromatic rings. The van der Waals surface area contributed by atoms with Crippen LogP contribution in [-0.2, 0) is 9.47 Å². The zero-order valence-corrected chi connectivity index (χ0v) is 8.80. The van der Waals surface area contributed by atoms with Crippen molar-refractivity contribution in [1.82, 2.24) is 0 Å². The van der Waals surface area contributed by atoms with Crippen LogP contribution in [0.4, 0.5) is 0 Å². The summed E-state index contributed by atoms with van der Waals surface area (Å²) in [7, 11) is 3.51. The molecule has 0 aliphatic carbocycles. The standard InChI is InChI=1S/C10H22O2/c1-9(2)5-6-10(12-4)7-8-11-3/h9-10H,5-8H2,1-4H3. The van der Waals surface area contributed by atoms with E-state index in [0.717, 1.165) is 25.4 Å². The van der Waals surface area contributed by atoms with Gasteiger partial charge in [-0.3, -0.25) is 0 Å². The first kappa shape index (κ1) is 11.9. The maximum absolute atomic E-state index is 5.32. The average molecular weight is 174 g/mol. The van der Waals surface area contributed by atoms with Crippen LogP contribution in [0.3, 0.4) is 0 Å². The Morgan fingerprint density at radius 2 is 1.67 bits per heavy atom. The van der Waals surface area contributed by atoms with Crippen molar-refractivity contribution in [3.8, 4) is 0 Å². The summed E-state index contributed by atoms with van der Waals surface area (Å²) < 4.78 is 10.3. The quantitative estimate of drug-likeness (QED) is 0.590. The zero-order chi connectivity index (χ0) is 9.40. The molecule has 0 aromatic carbocycles. The van der Waals surface area contributed by atoms with Gasteiger partial charge in [-0.25, -0.2) is 0 Å². The largest absolute Gasteiger partial charge is 0.385 e. The maximum Gasteiger partial charge on any atom is 0.0593 e. The van der Waals surface area contributed by atoms with Crippen LogP contribution in [0.25, 0.3) is 0 Å². The normalized spacial score (nSPS) is 13.8. The van der Waals surface area contributed by atoms with Crippen LogP contribution in [0.2, 0.25) is 0 Å². The van der Waals surface area contributed by atoms with E-state index >= 15 is 0 Å². The fraction of sp³-hybridized carbons (Fsp3) is 1.00. The highest BCUT2D eigenvalue weighted by Crippen LogP contribution is 2.11. The molecule has 0 radical (unpaired) electrons. The van der Waals surface area contributed by atoms with Gasteiger partial charge in [-0.05, 0) is 25.2 Å². The van der Waals surface area contributed by atoms with Crippen molar-refractivity contribution in [3.63, 3.8) is 0 Å². The minimum absolute atomic E-state index is 0.382. The molecular formula is C10H22O2. The van der Waals surface area contributed by atoms with Gasteiger partial charge >= 0.3 is 0 Å². The summed E-state index contributed by atoms with van der Waals surface area (Å²) in [5.74, 6) is 0.769. The van der Waals surface area contributed by atoms with Gasteiger partial charge in [-0.2, -0.15) is 0 Å². The predicted octanol–water partition coefficient (Wildman–Crippen LogP) is 2.47. The van der Waals surface area contributed by atoms with E-state index in [4.69, 9.17) is 9.47 Å². The first-order chi connectivity index (χ1) is 5.70. The molecule has 0 bridgehead atoms. The highest BCUT2D eigenvalue weighted by molar-refractivity contribution is 4.58. The Labute approximate surface area is 76.3 Å². The summed E-state index contributed by atoms with van der Waals surface area (Å²) in [6, 6.07) is 0. The molecule has 0 heterocycles. The molecule has 0 saturated heterocycles. The molecule has 0 spiro atoms. The van der Waals surface area contributed by atoms with Crippen LogP contribution in [0.1, 0.15) is 33.1 Å². The van der Waals surface area contributed by atoms with Gasteiger partial charge in [0, 0.05) is 20.8 Å². The number of methoxy groups -OCH3 is 2. The van der Waals surface area contributed by atoms with E-state index in [1.165, 1.54) is 6.42 Å². The minimum atomic E-state index is 0.382. The highest BCUT2D eigenvalue weighted by atomic mass is 16.5. The summed E-state index contributed by atoms with van der Waals surface area (Å²) >= 11 is 0. The van der Waals surface area contributed by atoms with Crippen molar-refractivity contribution in [2.75, 3.05) is 20.8 Å². The van der Waals surface area contributed by atoms with Gasteiger partial charge in [-0.15, -0.1) is 0 Å². The average Bonchev–Trinajstić information content (AvgIpc) is 2.05. The maximum atomic E-state index is 5.32. The predicted molar refractivity (Wildman–Crippen MR) is 51.4 cm³/mol. The molecule has 1 unspecified atom stereocenters. The Morgan fingerprint density at radius 1 is 1.00 bits per heavy atom. The Hall–Kier alpha value is -0.0800. The van der Waals surface area contributed by atoms with Gasteiger partial charge in [-0.1, -0.05) is 13.8 Å². The van der Waals surface area contributed by atoms with E-state index in [2.05, 4.69) is 13.8 Å². The van der Waals surface area contributed by atoms with E-state index in [9.17, 15) is 0 Å². The monoisotopic (exact) mass is 174 g/mol. The SMILES string of the molecule is COCCC(CCC(C)C)OC. The molecular weight excluding hydrogens is 152 g/mol. The second kappa shape index (κ2) is 7.56. The lowest BCUT2D eigenvalue weighted by Gasteiger charge is -2.15. The van der Waals surface area contributed by atoms with Gasteiger partial charge in [0.15, 0.2) is 0 Å². The first-order valence-electron chi connectivity index (χ1n) is 4.72. The lowest BCUT2D eigenvalue weighted by atomic mass is 10.0. The van der Waals surface area contributed by atoms with E-state index in [1.807, 2.05) is 0 Å². The Morgan fingerprint density at radius 3 is 2.08 bits per heavy atom. The van der Waals surface area contributed by atoms with Crippen molar-refractivity contribution in [1.29, 1.82) is 0 Å². The molecule has 0 aliphatic rings. The van der Waals surface area contributed by atoms with Gasteiger partial charge in [0.2, 0.25) is 0 Å². The Bertz CT molecular complexity index is 91.8. The van der Waals surface area contributed by atoms with Gasteiger partial charge < -0.3 is 9.47 Å². The minimum Gasteiger partial charge on any atom is -0.385 e. The number of ether oxygens (including phenoxy) is 2. The zero-order valence-electron chi connectivity index (χ0n) is 8.80. The second-order valence-corrected chi connectivity index (χ2v) is 3.61. The molecule has 12 heavy (non-hydrogen) atoms. The summed E-state index contributed by atoms with van der Waals surface area (Å²) in [6.45, 7) is 5.28. The molecule has 0 aliphatic heterocycles. The van der Waals surface area contributed by atoms with Crippen molar-refractivity contribution >= 4 is 0 Å². The van der Waals surface area contributed by atoms with Crippen LogP contribution >= 0.6 is 0 Å². The van der Waals surface area contributed by atoms with Crippen LogP contribution < -0.4 is 0 Å². The molecule has 74 valence electrons. The lowest BCUT2D eigenvalue weighted by Crippen LogP contribution is -2.14. The second-order valence-electron chi connectivity index (χ2n) is 3.61. The molecule has 2 heteroatoms. The fourth-order valence-electron chi connectivity index (χ4n) is 1.15. The lowest BCUT2D eigenvalue weighted by molar-refractivity contribution is 0.0572. The van der Waals surface area contributed by atoms with Crippen LogP contribution in [0, 0.1) is 5.92 Å². The summed E-state index contributed by atoms with van der Waals surface area (Å²) in [4.78, 5) is 0. The van der Waals surface area contributed by atoms with Crippen molar-refractivity contribution in [2.24, 2.45) is 5.92 Å². The van der Waals surface area contributed by atoms with Crippen molar-refractivity contribution in [3.05, 3.63) is 0 Å². The van der Waals surface area contributed by atoms with Crippen LogP contribution in [0.5, 0.6) is 0 Å². The third kappa shape index (κ3) is 6.62. The van der Waals surface area contributed by atoms with Crippen LogP contribution in [0.15, 0.2) is 0 Å². The molecule has 2 nitrogen and oxygen atoms in total. The number of hydrogen-bond acceptors (Lipinski definition) is 2. The Balaban J connectivity index is 3.39. The highest BCUT2D eigenvalue weighted by Gasteiger charge is 2.07. The summed E-state index contributed by atoms with van der Waals surface area (Å²) in [5.41, 5.74) is 0. The smallest absolute Gasteiger partial charge is 0.0593 e. The number of hydrogen-bond donors (Lipinski definition) is 0. The van der Waals surface area contributed by atoms with Crippen LogP contribution in [-0.4, -0.2) is 26.9 Å². The molecule has 0 rings (SSSR count). The van der Waals surface area contributed by atoms with Gasteiger partial charge in [0.25, 0.3) is 0 Å². The van der Waals surface area contributed by atoms with E-state index in [0.29, 0.717) is 6.10 Å². The van der Waals surface area contributed by atoms with Gasteiger partial charge in [0.05, 0.1) is 6.10 Å². The Kier molecular flexibility index (Phi) is 7.51. The molecule has 0 amide bonds. The first-order valence-corrected chi connectivity index (χ1v) is 4.72. The molecule has 1 atom stereocenters. The van der Waals surface area contributed by atoms with Crippen molar-refractivity contribution < 1.29 is 9.47 Å². The van der Waals surface area contributed by atoms with Gasteiger partial charge in [0.1, 0.15) is 0 Å². The molecule has 0 aromatic heterocycles.